The van der Waals surface area contributed by atoms with E-state index >= 15 is 0 Å². The van der Waals surface area contributed by atoms with Crippen LogP contribution in [0.15, 0.2) is 71.5 Å². The summed E-state index contributed by atoms with van der Waals surface area (Å²) in [7, 11) is 4.08. The first kappa shape index (κ1) is 19.0. The quantitative estimate of drug-likeness (QED) is 0.822. The Morgan fingerprint density at radius 3 is 2.00 bits per heavy atom. The van der Waals surface area contributed by atoms with Crippen molar-refractivity contribution in [1.82, 2.24) is 0 Å². The standard InChI is InChI=1S/C24H29N3/c1-16(25)23-21(17-9-13-20(14-10-17)27(5)6)15-22(26-23)18-7-11-19(12-8-18)24(2,3)4/h7-14H,1,15,25H2,2-6H3. The maximum Gasteiger partial charge on any atom is 0.0898 e. The topological polar surface area (TPSA) is 41.6 Å². The third-order valence-corrected chi connectivity index (χ3v) is 5.00. The number of hydrogen-bond donors (Lipinski definition) is 1. The van der Waals surface area contributed by atoms with Gasteiger partial charge in [0.1, 0.15) is 0 Å². The number of allylic oxidation sites excluding steroid dienone is 1. The molecule has 0 amide bonds. The van der Waals surface area contributed by atoms with Crippen LogP contribution >= 0.6 is 0 Å². The van der Waals surface area contributed by atoms with Gasteiger partial charge >= 0.3 is 0 Å². The lowest BCUT2D eigenvalue weighted by molar-refractivity contribution is 0.590. The van der Waals surface area contributed by atoms with Crippen LogP contribution < -0.4 is 10.6 Å². The van der Waals surface area contributed by atoms with Crippen molar-refractivity contribution in [3.05, 3.63) is 83.2 Å². The van der Waals surface area contributed by atoms with Crippen LogP contribution in [0.5, 0.6) is 0 Å². The van der Waals surface area contributed by atoms with Gasteiger partial charge in [0.05, 0.1) is 17.1 Å². The normalized spacial score (nSPS) is 14.3. The smallest absolute Gasteiger partial charge is 0.0898 e. The lowest BCUT2D eigenvalue weighted by Gasteiger charge is -2.19. The van der Waals surface area contributed by atoms with E-state index in [2.05, 4.69) is 80.8 Å². The molecule has 0 fully saturated rings. The molecule has 2 aromatic rings. The average Bonchev–Trinajstić information content (AvgIpc) is 3.07. The van der Waals surface area contributed by atoms with Gasteiger partial charge in [-0.2, -0.15) is 0 Å². The van der Waals surface area contributed by atoms with Gasteiger partial charge in [0.15, 0.2) is 0 Å². The van der Waals surface area contributed by atoms with Gasteiger partial charge in [-0.15, -0.1) is 0 Å². The minimum atomic E-state index is 0.143. The van der Waals surface area contributed by atoms with Gasteiger partial charge in [0.2, 0.25) is 0 Å². The van der Waals surface area contributed by atoms with Crippen molar-refractivity contribution < 1.29 is 0 Å². The van der Waals surface area contributed by atoms with Crippen molar-refractivity contribution in [2.45, 2.75) is 32.6 Å². The summed E-state index contributed by atoms with van der Waals surface area (Å²) in [6, 6.07) is 17.2. The third kappa shape index (κ3) is 3.97. The average molecular weight is 360 g/mol. The largest absolute Gasteiger partial charge is 0.397 e. The summed E-state index contributed by atoms with van der Waals surface area (Å²) in [6.45, 7) is 10.6. The number of hydrogen-bond acceptors (Lipinski definition) is 3. The van der Waals surface area contributed by atoms with E-state index in [4.69, 9.17) is 10.7 Å². The predicted molar refractivity (Wildman–Crippen MR) is 117 cm³/mol. The van der Waals surface area contributed by atoms with Crippen LogP contribution in [0.1, 0.15) is 43.9 Å². The number of benzene rings is 2. The summed E-state index contributed by atoms with van der Waals surface area (Å²) in [6.07, 6.45) is 0.766. The Bertz CT molecular complexity index is 906. The van der Waals surface area contributed by atoms with Crippen LogP contribution in [0.2, 0.25) is 0 Å². The van der Waals surface area contributed by atoms with Crippen molar-refractivity contribution >= 4 is 17.0 Å². The van der Waals surface area contributed by atoms with Gasteiger partial charge < -0.3 is 10.6 Å². The summed E-state index contributed by atoms with van der Waals surface area (Å²) in [5.74, 6) is 0. The van der Waals surface area contributed by atoms with Gasteiger partial charge in [-0.25, -0.2) is 0 Å². The molecule has 0 aromatic heterocycles. The molecule has 0 radical (unpaired) electrons. The number of aliphatic imine (C=N–C) groups is 1. The first-order valence-corrected chi connectivity index (χ1v) is 9.31. The monoisotopic (exact) mass is 359 g/mol. The minimum Gasteiger partial charge on any atom is -0.397 e. The summed E-state index contributed by atoms with van der Waals surface area (Å²) in [5.41, 5.74) is 14.5. The highest BCUT2D eigenvalue weighted by Crippen LogP contribution is 2.34. The van der Waals surface area contributed by atoms with Crippen LogP contribution in [0.4, 0.5) is 5.69 Å². The highest BCUT2D eigenvalue weighted by Gasteiger charge is 2.22. The van der Waals surface area contributed by atoms with E-state index in [9.17, 15) is 0 Å². The molecule has 2 N–H and O–H groups in total. The fourth-order valence-electron chi connectivity index (χ4n) is 3.29. The molecule has 0 unspecified atom stereocenters. The third-order valence-electron chi connectivity index (χ3n) is 5.00. The molecule has 27 heavy (non-hydrogen) atoms. The van der Waals surface area contributed by atoms with Gasteiger partial charge in [0.25, 0.3) is 0 Å². The number of anilines is 1. The number of rotatable bonds is 4. The predicted octanol–water partition coefficient (Wildman–Crippen LogP) is 5.13. The Kier molecular flexibility index (Phi) is 4.97. The van der Waals surface area contributed by atoms with Crippen LogP contribution in [0.3, 0.4) is 0 Å². The zero-order chi connectivity index (χ0) is 19.8. The van der Waals surface area contributed by atoms with E-state index in [-0.39, 0.29) is 5.41 Å². The first-order valence-electron chi connectivity index (χ1n) is 9.31. The van der Waals surface area contributed by atoms with Gasteiger partial charge in [0, 0.05) is 26.2 Å². The molecule has 2 aromatic carbocycles. The van der Waals surface area contributed by atoms with E-state index in [0.29, 0.717) is 5.70 Å². The van der Waals surface area contributed by atoms with Crippen molar-refractivity contribution in [2.24, 2.45) is 10.7 Å². The zero-order valence-electron chi connectivity index (χ0n) is 17.0. The van der Waals surface area contributed by atoms with Crippen LogP contribution in [0.25, 0.3) is 5.57 Å². The Hall–Kier alpha value is -2.81. The van der Waals surface area contributed by atoms with Gasteiger partial charge in [-0.1, -0.05) is 63.7 Å². The molecule has 1 heterocycles. The van der Waals surface area contributed by atoms with Crippen LogP contribution in [-0.2, 0) is 5.41 Å². The fourth-order valence-corrected chi connectivity index (χ4v) is 3.29. The maximum atomic E-state index is 6.06. The SMILES string of the molecule is C=C(N)C1=C(c2ccc(N(C)C)cc2)CC(c2ccc(C(C)(C)C)cc2)=N1. The Morgan fingerprint density at radius 1 is 0.963 bits per heavy atom. The molecule has 1 aliphatic heterocycles. The molecule has 0 atom stereocenters. The maximum absolute atomic E-state index is 6.06. The lowest BCUT2D eigenvalue weighted by atomic mass is 9.86. The molecule has 3 nitrogen and oxygen atoms in total. The molecule has 0 bridgehead atoms. The second-order valence-corrected chi connectivity index (χ2v) is 8.36. The molecule has 0 saturated carbocycles. The molecule has 0 saturated heterocycles. The Labute approximate surface area is 162 Å². The van der Waals surface area contributed by atoms with Crippen molar-refractivity contribution in [1.29, 1.82) is 0 Å². The molecule has 0 spiro atoms. The van der Waals surface area contributed by atoms with Gasteiger partial charge in [-0.05, 0) is 39.8 Å². The molecule has 3 rings (SSSR count). The molecule has 3 heteroatoms. The van der Waals surface area contributed by atoms with E-state index < -0.39 is 0 Å². The molecular formula is C24H29N3. The highest BCUT2D eigenvalue weighted by atomic mass is 15.1. The van der Waals surface area contributed by atoms with E-state index in [1.165, 1.54) is 11.3 Å². The van der Waals surface area contributed by atoms with Crippen LogP contribution in [-0.4, -0.2) is 19.8 Å². The molecular weight excluding hydrogens is 330 g/mol. The lowest BCUT2D eigenvalue weighted by Crippen LogP contribution is -2.11. The Morgan fingerprint density at radius 2 is 1.52 bits per heavy atom. The summed E-state index contributed by atoms with van der Waals surface area (Å²) in [5, 5.41) is 0. The highest BCUT2D eigenvalue weighted by molar-refractivity contribution is 6.10. The van der Waals surface area contributed by atoms with E-state index in [0.717, 1.165) is 34.5 Å². The summed E-state index contributed by atoms with van der Waals surface area (Å²) >= 11 is 0. The molecule has 140 valence electrons. The van der Waals surface area contributed by atoms with Crippen molar-refractivity contribution in [3.63, 3.8) is 0 Å². The number of nitrogens with two attached hydrogens (primary N) is 1. The second-order valence-electron chi connectivity index (χ2n) is 8.36. The zero-order valence-corrected chi connectivity index (χ0v) is 17.0. The summed E-state index contributed by atoms with van der Waals surface area (Å²) in [4.78, 5) is 6.92. The Balaban J connectivity index is 1.90. The second kappa shape index (κ2) is 7.07. The first-order chi connectivity index (χ1) is 12.7. The number of nitrogens with zero attached hydrogens (tertiary/aromatic N) is 2. The molecule has 0 aliphatic carbocycles. The summed E-state index contributed by atoms with van der Waals surface area (Å²) < 4.78 is 0. The fraction of sp³-hybridized carbons (Fsp3) is 0.292. The minimum absolute atomic E-state index is 0.143. The van der Waals surface area contributed by atoms with E-state index in [1.807, 2.05) is 14.1 Å². The van der Waals surface area contributed by atoms with Crippen molar-refractivity contribution in [2.75, 3.05) is 19.0 Å². The van der Waals surface area contributed by atoms with Crippen molar-refractivity contribution in [3.8, 4) is 0 Å². The van der Waals surface area contributed by atoms with Gasteiger partial charge in [-0.3, -0.25) is 4.99 Å². The van der Waals surface area contributed by atoms with Crippen LogP contribution in [0, 0.1) is 0 Å². The van der Waals surface area contributed by atoms with E-state index in [1.54, 1.807) is 0 Å². The molecule has 1 aliphatic rings.